The van der Waals surface area contributed by atoms with Crippen molar-refractivity contribution in [3.8, 4) is 0 Å². The van der Waals surface area contributed by atoms with E-state index < -0.39 is 0 Å². The van der Waals surface area contributed by atoms with Gasteiger partial charge in [-0.1, -0.05) is 0 Å². The summed E-state index contributed by atoms with van der Waals surface area (Å²) >= 11 is 0. The van der Waals surface area contributed by atoms with Crippen molar-refractivity contribution in [1.29, 1.82) is 0 Å². The van der Waals surface area contributed by atoms with Crippen LogP contribution in [0.3, 0.4) is 0 Å². The topological polar surface area (TPSA) is 39.4 Å². The van der Waals surface area contributed by atoms with Crippen molar-refractivity contribution in [2.75, 3.05) is 7.11 Å². The summed E-state index contributed by atoms with van der Waals surface area (Å²) < 4.78 is 6.62. The number of fused-ring (bicyclic) bond motifs is 1. The van der Waals surface area contributed by atoms with Crippen LogP contribution in [0.1, 0.15) is 5.69 Å². The van der Waals surface area contributed by atoms with E-state index in [0.717, 1.165) is 11.3 Å². The molecule has 0 saturated carbocycles. The standard InChI is InChI=1S/C8H8N3O/c1-12-6-7-5-8-9-3-2-4-11(8)10-7/h3-5H,6H2,1H3. The zero-order valence-electron chi connectivity index (χ0n) is 6.69. The van der Waals surface area contributed by atoms with Gasteiger partial charge in [0.1, 0.15) is 0 Å². The van der Waals surface area contributed by atoms with Crippen LogP contribution in [-0.2, 0) is 11.3 Å². The Kier molecular flexibility index (Phi) is 1.75. The number of hydrogen-bond acceptors (Lipinski definition) is 3. The predicted molar refractivity (Wildman–Crippen MR) is 42.5 cm³/mol. The molecule has 0 unspecified atom stereocenters. The lowest BCUT2D eigenvalue weighted by atomic mass is 10.4. The highest BCUT2D eigenvalue weighted by Crippen LogP contribution is 2.02. The van der Waals surface area contributed by atoms with Crippen molar-refractivity contribution in [3.05, 3.63) is 30.2 Å². The highest BCUT2D eigenvalue weighted by atomic mass is 16.5. The van der Waals surface area contributed by atoms with E-state index in [9.17, 15) is 0 Å². The molecule has 12 heavy (non-hydrogen) atoms. The van der Waals surface area contributed by atoms with Crippen molar-refractivity contribution in [2.24, 2.45) is 0 Å². The molecule has 0 saturated heterocycles. The van der Waals surface area contributed by atoms with Crippen LogP contribution in [-0.4, -0.2) is 21.7 Å². The highest BCUT2D eigenvalue weighted by Gasteiger charge is 1.99. The van der Waals surface area contributed by atoms with Crippen LogP contribution in [0.25, 0.3) is 5.65 Å². The third-order valence-corrected chi connectivity index (χ3v) is 1.53. The molecule has 0 spiro atoms. The average molecular weight is 162 g/mol. The summed E-state index contributed by atoms with van der Waals surface area (Å²) in [6.45, 7) is 0.517. The Balaban J connectivity index is 2.47. The van der Waals surface area contributed by atoms with E-state index in [1.54, 1.807) is 24.0 Å². The molecule has 0 atom stereocenters. The molecule has 2 aromatic rings. The Morgan fingerprint density at radius 3 is 3.33 bits per heavy atom. The molecule has 0 aromatic carbocycles. The minimum atomic E-state index is 0.517. The Hall–Kier alpha value is -1.42. The average Bonchev–Trinajstić information content (AvgIpc) is 2.47. The molecule has 0 aliphatic carbocycles. The van der Waals surface area contributed by atoms with Gasteiger partial charge in [-0.3, -0.25) is 0 Å². The van der Waals surface area contributed by atoms with E-state index in [2.05, 4.69) is 16.1 Å². The first-order valence-corrected chi connectivity index (χ1v) is 3.59. The van der Waals surface area contributed by atoms with Gasteiger partial charge < -0.3 is 4.74 Å². The zero-order valence-corrected chi connectivity index (χ0v) is 6.69. The molecule has 61 valence electrons. The summed E-state index contributed by atoms with van der Waals surface area (Å²) in [5.41, 5.74) is 1.70. The molecule has 4 heteroatoms. The zero-order chi connectivity index (χ0) is 8.39. The SMILES string of the molecule is COCc1cc2nc[c]cn2n1. The van der Waals surface area contributed by atoms with E-state index >= 15 is 0 Å². The fourth-order valence-corrected chi connectivity index (χ4v) is 1.05. The van der Waals surface area contributed by atoms with Crippen LogP contribution < -0.4 is 0 Å². The summed E-state index contributed by atoms with van der Waals surface area (Å²) in [5, 5.41) is 4.20. The van der Waals surface area contributed by atoms with Gasteiger partial charge in [0.15, 0.2) is 5.65 Å². The molecule has 0 fully saturated rings. The molecule has 0 amide bonds. The van der Waals surface area contributed by atoms with Crippen molar-refractivity contribution in [2.45, 2.75) is 6.61 Å². The minimum absolute atomic E-state index is 0.517. The van der Waals surface area contributed by atoms with Gasteiger partial charge in [0.2, 0.25) is 0 Å². The van der Waals surface area contributed by atoms with Crippen LogP contribution in [0, 0.1) is 6.07 Å². The van der Waals surface area contributed by atoms with Gasteiger partial charge in [0.05, 0.1) is 12.3 Å². The van der Waals surface area contributed by atoms with E-state index in [1.165, 1.54) is 0 Å². The van der Waals surface area contributed by atoms with E-state index in [0.29, 0.717) is 6.61 Å². The maximum absolute atomic E-state index is 4.94. The second kappa shape index (κ2) is 2.91. The predicted octanol–water partition coefficient (Wildman–Crippen LogP) is 0.676. The van der Waals surface area contributed by atoms with E-state index in [-0.39, 0.29) is 0 Å². The molecule has 2 rings (SSSR count). The lowest BCUT2D eigenvalue weighted by Gasteiger charge is -1.89. The summed E-state index contributed by atoms with van der Waals surface area (Å²) in [6, 6.07) is 4.73. The summed E-state index contributed by atoms with van der Waals surface area (Å²) in [4.78, 5) is 4.07. The van der Waals surface area contributed by atoms with Crippen molar-refractivity contribution >= 4 is 5.65 Å². The number of ether oxygens (including phenoxy) is 1. The molecule has 2 aromatic heterocycles. The Bertz CT molecular complexity index is 349. The lowest BCUT2D eigenvalue weighted by Crippen LogP contribution is -1.90. The molecule has 0 aliphatic heterocycles. The van der Waals surface area contributed by atoms with Crippen molar-refractivity contribution < 1.29 is 4.74 Å². The van der Waals surface area contributed by atoms with Crippen LogP contribution >= 0.6 is 0 Å². The van der Waals surface area contributed by atoms with Crippen LogP contribution in [0.5, 0.6) is 0 Å². The molecule has 2 heterocycles. The van der Waals surface area contributed by atoms with Crippen LogP contribution in [0.2, 0.25) is 0 Å². The molecular weight excluding hydrogens is 154 g/mol. The van der Waals surface area contributed by atoms with Crippen LogP contribution in [0.4, 0.5) is 0 Å². The highest BCUT2D eigenvalue weighted by molar-refractivity contribution is 5.37. The van der Waals surface area contributed by atoms with Gasteiger partial charge in [-0.15, -0.1) is 0 Å². The summed E-state index contributed by atoms with van der Waals surface area (Å²) in [6.07, 6.45) is 3.36. The van der Waals surface area contributed by atoms with Gasteiger partial charge in [-0.2, -0.15) is 5.10 Å². The maximum atomic E-state index is 4.94. The molecule has 0 bridgehead atoms. The molecule has 4 nitrogen and oxygen atoms in total. The molecule has 0 aliphatic rings. The number of aromatic nitrogens is 3. The Morgan fingerprint density at radius 1 is 1.67 bits per heavy atom. The van der Waals surface area contributed by atoms with Gasteiger partial charge in [-0.25, -0.2) is 9.50 Å². The Morgan fingerprint density at radius 2 is 2.58 bits per heavy atom. The molecule has 1 radical (unpaired) electrons. The molecular formula is C8H8N3O. The van der Waals surface area contributed by atoms with Gasteiger partial charge in [-0.05, 0) is 0 Å². The van der Waals surface area contributed by atoms with E-state index in [1.807, 2.05) is 6.07 Å². The largest absolute Gasteiger partial charge is 0.378 e. The second-order valence-electron chi connectivity index (χ2n) is 2.43. The number of methoxy groups -OCH3 is 1. The van der Waals surface area contributed by atoms with Gasteiger partial charge in [0, 0.05) is 31.6 Å². The maximum Gasteiger partial charge on any atom is 0.155 e. The monoisotopic (exact) mass is 162 g/mol. The van der Waals surface area contributed by atoms with Gasteiger partial charge >= 0.3 is 0 Å². The minimum Gasteiger partial charge on any atom is -0.378 e. The lowest BCUT2D eigenvalue weighted by molar-refractivity contribution is 0.181. The number of rotatable bonds is 2. The first-order valence-electron chi connectivity index (χ1n) is 3.59. The third kappa shape index (κ3) is 1.16. The van der Waals surface area contributed by atoms with Crippen LogP contribution in [0.15, 0.2) is 18.5 Å². The second-order valence-corrected chi connectivity index (χ2v) is 2.43. The van der Waals surface area contributed by atoms with Crippen molar-refractivity contribution in [1.82, 2.24) is 14.6 Å². The van der Waals surface area contributed by atoms with E-state index in [4.69, 9.17) is 4.74 Å². The first-order chi connectivity index (χ1) is 5.90. The fourth-order valence-electron chi connectivity index (χ4n) is 1.05. The van der Waals surface area contributed by atoms with Crippen molar-refractivity contribution in [3.63, 3.8) is 0 Å². The number of hydrogen-bond donors (Lipinski definition) is 0. The summed E-state index contributed by atoms with van der Waals surface area (Å²) in [7, 11) is 1.64. The normalized spacial score (nSPS) is 10.8. The van der Waals surface area contributed by atoms with Gasteiger partial charge in [0.25, 0.3) is 0 Å². The summed E-state index contributed by atoms with van der Waals surface area (Å²) in [5.74, 6) is 0. The molecule has 0 N–H and O–H groups in total. The quantitative estimate of drug-likeness (QED) is 0.651. The smallest absolute Gasteiger partial charge is 0.155 e. The fraction of sp³-hybridized carbons (Fsp3) is 0.250. The first kappa shape index (κ1) is 7.24. The third-order valence-electron chi connectivity index (χ3n) is 1.53. The number of nitrogens with zero attached hydrogens (tertiary/aromatic N) is 3. The Labute approximate surface area is 69.8 Å².